The van der Waals surface area contributed by atoms with Gasteiger partial charge >= 0.3 is 0 Å². The summed E-state index contributed by atoms with van der Waals surface area (Å²) in [7, 11) is 0. The molecule has 1 atom stereocenters. The standard InChI is InChI=1S/C15H15F2N3O/c1-2-15(21)19-13-8-20-12(3-4-14(20)18-13)9-5-10(16)7-11(17)6-9/h5-8,12H,2-4H2,1H3,(H,19,21)/t12-/m1/s1. The number of aryl methyl sites for hydroxylation is 1. The Labute approximate surface area is 120 Å². The van der Waals surface area contributed by atoms with Crippen LogP contribution in [-0.4, -0.2) is 15.5 Å². The molecule has 1 amide bonds. The highest BCUT2D eigenvalue weighted by molar-refractivity contribution is 5.89. The topological polar surface area (TPSA) is 46.9 Å². The lowest BCUT2D eigenvalue weighted by atomic mass is 10.0. The van der Waals surface area contributed by atoms with Crippen LogP contribution in [0.1, 0.15) is 37.2 Å². The number of benzene rings is 1. The number of halogens is 2. The van der Waals surface area contributed by atoms with E-state index >= 15 is 0 Å². The van der Waals surface area contributed by atoms with Gasteiger partial charge in [0.25, 0.3) is 0 Å². The maximum absolute atomic E-state index is 13.4. The fraction of sp³-hybridized carbons (Fsp3) is 0.333. The van der Waals surface area contributed by atoms with Crippen LogP contribution in [0.5, 0.6) is 0 Å². The van der Waals surface area contributed by atoms with Crippen LogP contribution in [0.25, 0.3) is 0 Å². The maximum Gasteiger partial charge on any atom is 0.225 e. The molecule has 1 aliphatic rings. The SMILES string of the molecule is CCC(=O)Nc1cn2c(n1)CC[C@@H]2c1cc(F)cc(F)c1. The van der Waals surface area contributed by atoms with Crippen LogP contribution in [0.15, 0.2) is 24.4 Å². The molecule has 6 heteroatoms. The van der Waals surface area contributed by atoms with Gasteiger partial charge in [-0.1, -0.05) is 6.92 Å². The van der Waals surface area contributed by atoms with E-state index in [0.29, 0.717) is 24.2 Å². The largest absolute Gasteiger partial charge is 0.325 e. The van der Waals surface area contributed by atoms with E-state index in [1.807, 2.05) is 4.57 Å². The molecule has 1 aromatic heterocycles. The maximum atomic E-state index is 13.4. The summed E-state index contributed by atoms with van der Waals surface area (Å²) in [4.78, 5) is 15.7. The van der Waals surface area contributed by atoms with Crippen LogP contribution in [0.4, 0.5) is 14.6 Å². The van der Waals surface area contributed by atoms with Gasteiger partial charge in [-0.2, -0.15) is 0 Å². The molecule has 21 heavy (non-hydrogen) atoms. The Morgan fingerprint density at radius 1 is 1.38 bits per heavy atom. The van der Waals surface area contributed by atoms with Gasteiger partial charge in [0.15, 0.2) is 5.82 Å². The third-order valence-electron chi connectivity index (χ3n) is 3.64. The quantitative estimate of drug-likeness (QED) is 0.944. The van der Waals surface area contributed by atoms with Gasteiger partial charge in [0.1, 0.15) is 17.5 Å². The molecule has 0 saturated carbocycles. The Balaban J connectivity index is 1.90. The summed E-state index contributed by atoms with van der Waals surface area (Å²) in [6, 6.07) is 3.39. The van der Waals surface area contributed by atoms with Crippen molar-refractivity contribution in [1.29, 1.82) is 0 Å². The van der Waals surface area contributed by atoms with E-state index in [4.69, 9.17) is 0 Å². The predicted molar refractivity (Wildman–Crippen MR) is 74.0 cm³/mol. The highest BCUT2D eigenvalue weighted by atomic mass is 19.1. The number of hydrogen-bond donors (Lipinski definition) is 1. The van der Waals surface area contributed by atoms with Crippen LogP contribution in [0.2, 0.25) is 0 Å². The van der Waals surface area contributed by atoms with E-state index in [0.717, 1.165) is 18.3 Å². The van der Waals surface area contributed by atoms with Crippen LogP contribution >= 0.6 is 0 Å². The number of carbonyl (C=O) groups excluding carboxylic acids is 1. The van der Waals surface area contributed by atoms with Gasteiger partial charge in [-0.05, 0) is 24.1 Å². The minimum atomic E-state index is -0.585. The molecule has 1 aliphatic heterocycles. The normalized spacial score (nSPS) is 16.8. The lowest BCUT2D eigenvalue weighted by Gasteiger charge is -2.13. The summed E-state index contributed by atoms with van der Waals surface area (Å²) in [5, 5.41) is 2.70. The molecule has 3 rings (SSSR count). The molecule has 1 aromatic carbocycles. The van der Waals surface area contributed by atoms with Crippen molar-refractivity contribution < 1.29 is 13.6 Å². The molecular weight excluding hydrogens is 276 g/mol. The summed E-state index contributed by atoms with van der Waals surface area (Å²) in [6.45, 7) is 1.76. The van der Waals surface area contributed by atoms with Crippen molar-refractivity contribution in [2.45, 2.75) is 32.2 Å². The summed E-state index contributed by atoms with van der Waals surface area (Å²) in [6.07, 6.45) is 3.56. The number of carbonyl (C=O) groups is 1. The molecule has 0 saturated heterocycles. The first-order valence-electron chi connectivity index (χ1n) is 6.90. The van der Waals surface area contributed by atoms with E-state index in [1.165, 1.54) is 12.1 Å². The third-order valence-corrected chi connectivity index (χ3v) is 3.64. The zero-order valence-corrected chi connectivity index (χ0v) is 11.6. The molecule has 0 fully saturated rings. The van der Waals surface area contributed by atoms with Gasteiger partial charge in [-0.15, -0.1) is 0 Å². The van der Waals surface area contributed by atoms with E-state index < -0.39 is 11.6 Å². The predicted octanol–water partition coefficient (Wildman–Crippen LogP) is 3.05. The van der Waals surface area contributed by atoms with Crippen molar-refractivity contribution >= 4 is 11.7 Å². The number of amides is 1. The van der Waals surface area contributed by atoms with Crippen LogP contribution in [0, 0.1) is 11.6 Å². The van der Waals surface area contributed by atoms with Crippen molar-refractivity contribution in [3.05, 3.63) is 47.4 Å². The van der Waals surface area contributed by atoms with E-state index in [2.05, 4.69) is 10.3 Å². The van der Waals surface area contributed by atoms with E-state index in [1.54, 1.807) is 13.1 Å². The summed E-state index contributed by atoms with van der Waals surface area (Å²) in [5.74, 6) is 0.0192. The number of fused-ring (bicyclic) bond motifs is 1. The number of anilines is 1. The van der Waals surface area contributed by atoms with Crippen LogP contribution in [0.3, 0.4) is 0 Å². The summed E-state index contributed by atoms with van der Waals surface area (Å²) >= 11 is 0. The first-order valence-corrected chi connectivity index (χ1v) is 6.90. The third kappa shape index (κ3) is 2.66. The minimum absolute atomic E-state index is 0.111. The molecule has 1 N–H and O–H groups in total. The second kappa shape index (κ2) is 5.27. The van der Waals surface area contributed by atoms with Crippen LogP contribution < -0.4 is 5.32 Å². The van der Waals surface area contributed by atoms with Gasteiger partial charge in [-0.25, -0.2) is 13.8 Å². The molecular formula is C15H15F2N3O. The fourth-order valence-electron chi connectivity index (χ4n) is 2.68. The van der Waals surface area contributed by atoms with Gasteiger partial charge in [-0.3, -0.25) is 4.79 Å². The second-order valence-electron chi connectivity index (χ2n) is 5.11. The Morgan fingerprint density at radius 3 is 2.76 bits per heavy atom. The van der Waals surface area contributed by atoms with Crippen molar-refractivity contribution in [3.8, 4) is 0 Å². The Bertz CT molecular complexity index is 676. The number of rotatable bonds is 3. The fourth-order valence-corrected chi connectivity index (χ4v) is 2.68. The number of imidazole rings is 1. The smallest absolute Gasteiger partial charge is 0.225 e. The molecule has 110 valence electrons. The van der Waals surface area contributed by atoms with Gasteiger partial charge in [0.05, 0.1) is 6.04 Å². The molecule has 0 aliphatic carbocycles. The molecule has 4 nitrogen and oxygen atoms in total. The number of nitrogens with zero attached hydrogens (tertiary/aromatic N) is 2. The van der Waals surface area contributed by atoms with E-state index in [9.17, 15) is 13.6 Å². The monoisotopic (exact) mass is 291 g/mol. The van der Waals surface area contributed by atoms with Crippen LogP contribution in [-0.2, 0) is 11.2 Å². The van der Waals surface area contributed by atoms with Gasteiger partial charge in [0.2, 0.25) is 5.91 Å². The second-order valence-corrected chi connectivity index (χ2v) is 5.11. The number of nitrogens with one attached hydrogen (secondary N) is 1. The highest BCUT2D eigenvalue weighted by Gasteiger charge is 2.26. The minimum Gasteiger partial charge on any atom is -0.325 e. The van der Waals surface area contributed by atoms with Crippen molar-refractivity contribution in [2.24, 2.45) is 0 Å². The first-order chi connectivity index (χ1) is 10.1. The molecule has 0 radical (unpaired) electrons. The molecule has 2 aromatic rings. The van der Waals surface area contributed by atoms with Gasteiger partial charge < -0.3 is 9.88 Å². The molecule has 0 unspecified atom stereocenters. The number of aromatic nitrogens is 2. The van der Waals surface area contributed by atoms with Crippen molar-refractivity contribution in [2.75, 3.05) is 5.32 Å². The first kappa shape index (κ1) is 13.7. The Kier molecular flexibility index (Phi) is 3.45. The Morgan fingerprint density at radius 2 is 2.10 bits per heavy atom. The average molecular weight is 291 g/mol. The van der Waals surface area contributed by atoms with Crippen molar-refractivity contribution in [3.63, 3.8) is 0 Å². The zero-order valence-electron chi connectivity index (χ0n) is 11.6. The van der Waals surface area contributed by atoms with E-state index in [-0.39, 0.29) is 11.9 Å². The lowest BCUT2D eigenvalue weighted by molar-refractivity contribution is -0.115. The molecule has 0 spiro atoms. The average Bonchev–Trinajstić information content (AvgIpc) is 2.96. The van der Waals surface area contributed by atoms with Gasteiger partial charge in [0, 0.05) is 25.1 Å². The van der Waals surface area contributed by atoms with Crippen molar-refractivity contribution in [1.82, 2.24) is 9.55 Å². The summed E-state index contributed by atoms with van der Waals surface area (Å²) < 4.78 is 28.6. The number of hydrogen-bond acceptors (Lipinski definition) is 2. The molecule has 0 bridgehead atoms. The lowest BCUT2D eigenvalue weighted by Crippen LogP contribution is -2.10. The Hall–Kier alpha value is -2.24. The zero-order chi connectivity index (χ0) is 15.0. The summed E-state index contributed by atoms with van der Waals surface area (Å²) in [5.41, 5.74) is 0.581. The highest BCUT2D eigenvalue weighted by Crippen LogP contribution is 2.33. The molecule has 2 heterocycles.